The Balaban J connectivity index is 1.77. The summed E-state index contributed by atoms with van der Waals surface area (Å²) in [4.78, 5) is 18.5. The van der Waals surface area contributed by atoms with Crippen molar-refractivity contribution in [2.24, 2.45) is 0 Å². The second kappa shape index (κ2) is 6.84. The van der Waals surface area contributed by atoms with Gasteiger partial charge >= 0.3 is 6.09 Å². The zero-order valence-corrected chi connectivity index (χ0v) is 14.6. The maximum absolute atomic E-state index is 10.7. The Labute approximate surface area is 155 Å². The number of aromatic amines is 1. The van der Waals surface area contributed by atoms with Crippen molar-refractivity contribution in [1.82, 2.24) is 9.97 Å². The van der Waals surface area contributed by atoms with Gasteiger partial charge in [-0.25, -0.2) is 9.78 Å². The zero-order valence-electron chi connectivity index (χ0n) is 14.6. The predicted octanol–water partition coefficient (Wildman–Crippen LogP) is 5.00. The van der Waals surface area contributed by atoms with Crippen LogP contribution in [-0.2, 0) is 0 Å². The first kappa shape index (κ1) is 16.7. The summed E-state index contributed by atoms with van der Waals surface area (Å²) in [6.07, 6.45) is 2.64. The Morgan fingerprint density at radius 1 is 1.07 bits per heavy atom. The number of fused-ring (bicyclic) bond motifs is 1. The molecule has 4 rings (SSSR count). The molecule has 2 heterocycles. The number of H-pyrrole nitrogens is 1. The third-order valence-corrected chi connectivity index (χ3v) is 4.40. The molecule has 2 aromatic heterocycles. The first-order valence-corrected chi connectivity index (χ1v) is 8.36. The fourth-order valence-corrected chi connectivity index (χ4v) is 3.12. The molecule has 0 bridgehead atoms. The van der Waals surface area contributed by atoms with E-state index in [1.54, 1.807) is 25.4 Å². The molecule has 0 aliphatic rings. The van der Waals surface area contributed by atoms with E-state index in [9.17, 15) is 4.79 Å². The van der Waals surface area contributed by atoms with Crippen molar-refractivity contribution >= 4 is 22.8 Å². The number of para-hydroxylation sites is 1. The van der Waals surface area contributed by atoms with Gasteiger partial charge in [0, 0.05) is 40.2 Å². The number of aromatic nitrogens is 2. The highest BCUT2D eigenvalue weighted by molar-refractivity contribution is 5.97. The van der Waals surface area contributed by atoms with E-state index >= 15 is 0 Å². The number of ether oxygens (including phenoxy) is 1. The molecule has 0 saturated heterocycles. The number of pyridine rings is 1. The highest BCUT2D eigenvalue weighted by Crippen LogP contribution is 2.36. The van der Waals surface area contributed by atoms with Crippen LogP contribution in [0.1, 0.15) is 0 Å². The molecule has 0 spiro atoms. The molecule has 0 unspecified atom stereocenters. The lowest BCUT2D eigenvalue weighted by atomic mass is 10.0. The average molecular weight is 359 g/mol. The highest BCUT2D eigenvalue weighted by atomic mass is 16.5. The number of benzene rings is 2. The van der Waals surface area contributed by atoms with Crippen molar-refractivity contribution in [2.45, 2.75) is 0 Å². The van der Waals surface area contributed by atoms with Gasteiger partial charge in [0.15, 0.2) is 0 Å². The number of carboxylic acid groups (broad SMARTS) is 1. The summed E-state index contributed by atoms with van der Waals surface area (Å²) in [5.41, 5.74) is 5.22. The molecule has 134 valence electrons. The Hall–Kier alpha value is -3.80. The quantitative estimate of drug-likeness (QED) is 0.479. The van der Waals surface area contributed by atoms with E-state index in [1.165, 1.54) is 0 Å². The number of nitrogens with zero attached hydrogens (tertiary/aromatic N) is 1. The second-order valence-corrected chi connectivity index (χ2v) is 6.03. The molecule has 3 N–H and O–H groups in total. The molecule has 0 aliphatic heterocycles. The van der Waals surface area contributed by atoms with Crippen molar-refractivity contribution in [1.29, 1.82) is 0 Å². The Morgan fingerprint density at radius 2 is 1.85 bits per heavy atom. The second-order valence-electron chi connectivity index (χ2n) is 6.03. The zero-order chi connectivity index (χ0) is 18.8. The van der Waals surface area contributed by atoms with Crippen LogP contribution in [0.2, 0.25) is 0 Å². The molecule has 1 amide bonds. The number of methoxy groups -OCH3 is 1. The maximum Gasteiger partial charge on any atom is 0.409 e. The number of rotatable bonds is 4. The number of anilines is 1. The SMILES string of the molecule is COc1ccccc1-c1c[nH]c2ncc(-c3ccc(NC(=O)O)cc3)cc12. The van der Waals surface area contributed by atoms with Crippen LogP contribution in [0.4, 0.5) is 10.5 Å². The minimum Gasteiger partial charge on any atom is -0.496 e. The van der Waals surface area contributed by atoms with Gasteiger partial charge in [-0.2, -0.15) is 0 Å². The summed E-state index contributed by atoms with van der Waals surface area (Å²) in [5, 5.41) is 12.1. The molecular weight excluding hydrogens is 342 g/mol. The third kappa shape index (κ3) is 3.20. The van der Waals surface area contributed by atoms with E-state index in [2.05, 4.69) is 21.4 Å². The maximum atomic E-state index is 10.7. The van der Waals surface area contributed by atoms with Gasteiger partial charge in [-0.3, -0.25) is 5.32 Å². The molecular formula is C21H17N3O3. The Bertz CT molecular complexity index is 1120. The summed E-state index contributed by atoms with van der Waals surface area (Å²) in [6, 6.07) is 17.1. The molecule has 6 nitrogen and oxygen atoms in total. The lowest BCUT2D eigenvalue weighted by Crippen LogP contribution is -2.06. The molecule has 0 saturated carbocycles. The fourth-order valence-electron chi connectivity index (χ4n) is 3.12. The monoisotopic (exact) mass is 359 g/mol. The van der Waals surface area contributed by atoms with Crippen LogP contribution >= 0.6 is 0 Å². The number of amides is 1. The van der Waals surface area contributed by atoms with Crippen molar-refractivity contribution in [3.63, 3.8) is 0 Å². The van der Waals surface area contributed by atoms with Gasteiger partial charge in [0.1, 0.15) is 11.4 Å². The van der Waals surface area contributed by atoms with E-state index in [4.69, 9.17) is 9.84 Å². The van der Waals surface area contributed by atoms with Crippen molar-refractivity contribution in [3.8, 4) is 28.0 Å². The summed E-state index contributed by atoms with van der Waals surface area (Å²) in [5.74, 6) is 0.799. The minimum atomic E-state index is -1.08. The summed E-state index contributed by atoms with van der Waals surface area (Å²) in [7, 11) is 1.66. The van der Waals surface area contributed by atoms with Crippen LogP contribution < -0.4 is 10.1 Å². The predicted molar refractivity (Wildman–Crippen MR) is 105 cm³/mol. The largest absolute Gasteiger partial charge is 0.496 e. The normalized spacial score (nSPS) is 10.7. The van der Waals surface area contributed by atoms with Crippen LogP contribution in [0.15, 0.2) is 67.0 Å². The number of nitrogens with one attached hydrogen (secondary N) is 2. The van der Waals surface area contributed by atoms with Crippen LogP contribution in [0, 0.1) is 0 Å². The van der Waals surface area contributed by atoms with Crippen LogP contribution in [-0.4, -0.2) is 28.3 Å². The summed E-state index contributed by atoms with van der Waals surface area (Å²) in [6.45, 7) is 0. The molecule has 0 radical (unpaired) electrons. The van der Waals surface area contributed by atoms with Crippen LogP contribution in [0.3, 0.4) is 0 Å². The number of hydrogen-bond donors (Lipinski definition) is 3. The third-order valence-electron chi connectivity index (χ3n) is 4.40. The van der Waals surface area contributed by atoms with Crippen LogP contribution in [0.25, 0.3) is 33.3 Å². The minimum absolute atomic E-state index is 0.525. The van der Waals surface area contributed by atoms with Gasteiger partial charge in [-0.05, 0) is 29.8 Å². The van der Waals surface area contributed by atoms with Gasteiger partial charge < -0.3 is 14.8 Å². The first-order chi connectivity index (χ1) is 13.2. The van der Waals surface area contributed by atoms with Gasteiger partial charge in [-0.15, -0.1) is 0 Å². The van der Waals surface area contributed by atoms with Gasteiger partial charge in [0.05, 0.1) is 7.11 Å². The molecule has 0 atom stereocenters. The van der Waals surface area contributed by atoms with Gasteiger partial charge in [-0.1, -0.05) is 30.3 Å². The molecule has 6 heteroatoms. The van der Waals surface area contributed by atoms with E-state index in [-0.39, 0.29) is 0 Å². The topological polar surface area (TPSA) is 87.2 Å². The van der Waals surface area contributed by atoms with Crippen LogP contribution in [0.5, 0.6) is 5.75 Å². The number of carbonyl (C=O) groups is 1. The van der Waals surface area contributed by atoms with Crippen molar-refractivity contribution in [3.05, 3.63) is 67.0 Å². The van der Waals surface area contributed by atoms with E-state index in [1.807, 2.05) is 42.6 Å². The Kier molecular flexibility index (Phi) is 4.22. The Morgan fingerprint density at radius 3 is 2.59 bits per heavy atom. The number of hydrogen-bond acceptors (Lipinski definition) is 3. The summed E-state index contributed by atoms with van der Waals surface area (Å²) >= 11 is 0. The van der Waals surface area contributed by atoms with E-state index in [0.717, 1.165) is 39.0 Å². The summed E-state index contributed by atoms with van der Waals surface area (Å²) < 4.78 is 5.49. The lowest BCUT2D eigenvalue weighted by Gasteiger charge is -2.08. The molecule has 0 fully saturated rings. The highest BCUT2D eigenvalue weighted by Gasteiger charge is 2.12. The van der Waals surface area contributed by atoms with Gasteiger partial charge in [0.2, 0.25) is 0 Å². The van der Waals surface area contributed by atoms with E-state index < -0.39 is 6.09 Å². The smallest absolute Gasteiger partial charge is 0.409 e. The standard InChI is InChI=1S/C21H17N3O3/c1-27-19-5-3-2-4-16(19)18-12-23-20-17(18)10-14(11-22-20)13-6-8-15(9-7-13)24-21(25)26/h2-12,24H,1H3,(H,22,23)(H,25,26). The molecule has 27 heavy (non-hydrogen) atoms. The lowest BCUT2D eigenvalue weighted by molar-refractivity contribution is 0.210. The van der Waals surface area contributed by atoms with Crippen molar-refractivity contribution < 1.29 is 14.6 Å². The molecule has 4 aromatic rings. The van der Waals surface area contributed by atoms with Crippen molar-refractivity contribution in [2.75, 3.05) is 12.4 Å². The first-order valence-electron chi connectivity index (χ1n) is 8.36. The van der Waals surface area contributed by atoms with Gasteiger partial charge in [0.25, 0.3) is 0 Å². The molecule has 0 aliphatic carbocycles. The molecule has 2 aromatic carbocycles. The average Bonchev–Trinajstić information content (AvgIpc) is 3.11. The fraction of sp³-hybridized carbons (Fsp3) is 0.0476. The van der Waals surface area contributed by atoms with E-state index in [0.29, 0.717) is 5.69 Å².